The van der Waals surface area contributed by atoms with Gasteiger partial charge in [0.25, 0.3) is 0 Å². The lowest BCUT2D eigenvalue weighted by atomic mass is 9.90. The molecule has 4 heteroatoms. The first-order valence-electron chi connectivity index (χ1n) is 8.25. The molecule has 2 atom stereocenters. The highest BCUT2D eigenvalue weighted by Crippen LogP contribution is 2.31. The Labute approximate surface area is 126 Å². The van der Waals surface area contributed by atoms with Crippen molar-refractivity contribution in [2.45, 2.75) is 64.0 Å². The zero-order valence-electron chi connectivity index (χ0n) is 12.9. The van der Waals surface area contributed by atoms with E-state index >= 15 is 0 Å². The lowest BCUT2D eigenvalue weighted by Gasteiger charge is -2.30. The van der Waals surface area contributed by atoms with Gasteiger partial charge in [-0.25, -0.2) is 0 Å². The maximum atomic E-state index is 6.31. The predicted molar refractivity (Wildman–Crippen MR) is 82.5 cm³/mol. The molecule has 1 aromatic heterocycles. The van der Waals surface area contributed by atoms with Gasteiger partial charge in [-0.2, -0.15) is 0 Å². The van der Waals surface area contributed by atoms with Crippen molar-refractivity contribution in [1.29, 1.82) is 0 Å². The van der Waals surface area contributed by atoms with Crippen molar-refractivity contribution in [3.63, 3.8) is 0 Å². The summed E-state index contributed by atoms with van der Waals surface area (Å²) in [4.78, 5) is 0. The van der Waals surface area contributed by atoms with E-state index in [0.29, 0.717) is 5.92 Å². The van der Waals surface area contributed by atoms with Gasteiger partial charge in [-0.05, 0) is 62.9 Å². The van der Waals surface area contributed by atoms with Crippen LogP contribution in [-0.4, -0.2) is 17.5 Å². The van der Waals surface area contributed by atoms with Crippen molar-refractivity contribution >= 4 is 5.57 Å². The number of aryl methyl sites for hydroxylation is 1. The summed E-state index contributed by atoms with van der Waals surface area (Å²) in [6.45, 7) is 2.97. The Morgan fingerprint density at radius 3 is 3.00 bits per heavy atom. The van der Waals surface area contributed by atoms with Gasteiger partial charge in [0.15, 0.2) is 5.76 Å². The Hall–Kier alpha value is -1.13. The maximum absolute atomic E-state index is 6.31. The minimum absolute atomic E-state index is 0.342. The van der Waals surface area contributed by atoms with Crippen LogP contribution in [0.4, 0.5) is 0 Å². The molecule has 1 aromatic rings. The highest BCUT2D eigenvalue weighted by molar-refractivity contribution is 5.61. The summed E-state index contributed by atoms with van der Waals surface area (Å²) in [6.07, 6.45) is 11.0. The van der Waals surface area contributed by atoms with Gasteiger partial charge in [0.05, 0.1) is 5.69 Å². The molecule has 2 N–H and O–H groups in total. The minimum atomic E-state index is -0.432. The van der Waals surface area contributed by atoms with Gasteiger partial charge >= 0.3 is 0 Å². The fourth-order valence-corrected chi connectivity index (χ4v) is 3.32. The number of nitrogens with zero attached hydrogens (tertiary/aromatic N) is 1. The molecule has 0 radical (unpaired) electrons. The van der Waals surface area contributed by atoms with Crippen LogP contribution >= 0.6 is 0 Å². The SMILES string of the molecule is C[C@@H](CCc1cc(C2=CCCCC2)on1)C1(N)CCCO1. The van der Waals surface area contributed by atoms with Crippen LogP contribution in [0.3, 0.4) is 0 Å². The third-order valence-corrected chi connectivity index (χ3v) is 4.92. The normalized spacial score (nSPS) is 27.6. The van der Waals surface area contributed by atoms with Gasteiger partial charge in [-0.3, -0.25) is 0 Å². The van der Waals surface area contributed by atoms with Crippen molar-refractivity contribution in [2.24, 2.45) is 11.7 Å². The Kier molecular flexibility index (Phi) is 4.45. The number of allylic oxidation sites excluding steroid dienone is 2. The van der Waals surface area contributed by atoms with Crippen molar-refractivity contribution in [3.05, 3.63) is 23.6 Å². The molecule has 1 aliphatic heterocycles. The summed E-state index contributed by atoms with van der Waals surface area (Å²) in [5.74, 6) is 1.30. The summed E-state index contributed by atoms with van der Waals surface area (Å²) in [7, 11) is 0. The number of hydrogen-bond donors (Lipinski definition) is 1. The zero-order chi connectivity index (χ0) is 14.7. The van der Waals surface area contributed by atoms with Gasteiger partial charge in [-0.15, -0.1) is 0 Å². The molecule has 0 aromatic carbocycles. The second kappa shape index (κ2) is 6.32. The molecule has 0 bridgehead atoms. The standard InChI is InChI=1S/C17H26N2O2/c1-13(17(18)10-5-11-20-17)8-9-15-12-16(21-19-15)14-6-3-2-4-7-14/h6,12-13H,2-5,7-11,18H2,1H3/t13-,17?/m0/s1. The quantitative estimate of drug-likeness (QED) is 0.899. The largest absolute Gasteiger partial charge is 0.361 e. The maximum Gasteiger partial charge on any atom is 0.162 e. The van der Waals surface area contributed by atoms with E-state index in [4.69, 9.17) is 15.0 Å². The molecule has 1 saturated heterocycles. The monoisotopic (exact) mass is 290 g/mol. The second-order valence-electron chi connectivity index (χ2n) is 6.50. The number of aromatic nitrogens is 1. The van der Waals surface area contributed by atoms with E-state index < -0.39 is 5.72 Å². The second-order valence-corrected chi connectivity index (χ2v) is 6.50. The lowest BCUT2D eigenvalue weighted by molar-refractivity contribution is -0.0359. The number of rotatable bonds is 5. The van der Waals surface area contributed by atoms with Gasteiger partial charge in [0.2, 0.25) is 0 Å². The first kappa shape index (κ1) is 14.8. The van der Waals surface area contributed by atoms with E-state index in [2.05, 4.69) is 24.2 Å². The first-order chi connectivity index (χ1) is 10.2. The topological polar surface area (TPSA) is 61.3 Å². The first-order valence-corrected chi connectivity index (χ1v) is 8.25. The molecule has 1 aliphatic carbocycles. The Bertz CT molecular complexity index is 501. The molecule has 21 heavy (non-hydrogen) atoms. The summed E-state index contributed by atoms with van der Waals surface area (Å²) in [5, 5.41) is 4.22. The Balaban J connectivity index is 1.56. The molecule has 116 valence electrons. The van der Waals surface area contributed by atoms with Gasteiger partial charge in [-0.1, -0.05) is 18.2 Å². The molecule has 0 spiro atoms. The smallest absolute Gasteiger partial charge is 0.162 e. The fraction of sp³-hybridized carbons (Fsp3) is 0.706. The van der Waals surface area contributed by atoms with Crippen molar-refractivity contribution in [3.8, 4) is 0 Å². The van der Waals surface area contributed by atoms with E-state index in [1.807, 2.05) is 0 Å². The molecule has 2 heterocycles. The molecule has 1 fully saturated rings. The van der Waals surface area contributed by atoms with Crippen LogP contribution in [0.5, 0.6) is 0 Å². The van der Waals surface area contributed by atoms with Gasteiger partial charge < -0.3 is 15.0 Å². The third-order valence-electron chi connectivity index (χ3n) is 4.92. The Morgan fingerprint density at radius 2 is 2.29 bits per heavy atom. The highest BCUT2D eigenvalue weighted by Gasteiger charge is 2.36. The van der Waals surface area contributed by atoms with Gasteiger partial charge in [0, 0.05) is 12.7 Å². The van der Waals surface area contributed by atoms with E-state index in [1.165, 1.54) is 18.4 Å². The predicted octanol–water partition coefficient (Wildman–Crippen LogP) is 3.67. The number of hydrogen-bond acceptors (Lipinski definition) is 4. The zero-order valence-corrected chi connectivity index (χ0v) is 12.9. The average Bonchev–Trinajstić information content (AvgIpc) is 3.15. The minimum Gasteiger partial charge on any atom is -0.361 e. The average molecular weight is 290 g/mol. The molecule has 4 nitrogen and oxygen atoms in total. The van der Waals surface area contributed by atoms with Crippen molar-refractivity contribution in [2.75, 3.05) is 6.61 Å². The highest BCUT2D eigenvalue weighted by atomic mass is 16.5. The molecular formula is C17H26N2O2. The molecule has 1 unspecified atom stereocenters. The van der Waals surface area contributed by atoms with Gasteiger partial charge in [0.1, 0.15) is 5.72 Å². The fourth-order valence-electron chi connectivity index (χ4n) is 3.32. The molecule has 2 aliphatic rings. The summed E-state index contributed by atoms with van der Waals surface area (Å²) in [6, 6.07) is 2.10. The van der Waals surface area contributed by atoms with Crippen LogP contribution in [0.2, 0.25) is 0 Å². The summed E-state index contributed by atoms with van der Waals surface area (Å²) >= 11 is 0. The van der Waals surface area contributed by atoms with E-state index in [9.17, 15) is 0 Å². The third kappa shape index (κ3) is 3.38. The lowest BCUT2D eigenvalue weighted by Crippen LogP contribution is -2.45. The van der Waals surface area contributed by atoms with E-state index in [0.717, 1.165) is 56.6 Å². The molecule has 0 amide bonds. The molecule has 3 rings (SSSR count). The van der Waals surface area contributed by atoms with Crippen LogP contribution in [0, 0.1) is 5.92 Å². The Morgan fingerprint density at radius 1 is 1.38 bits per heavy atom. The molecular weight excluding hydrogens is 264 g/mol. The van der Waals surface area contributed by atoms with Crippen molar-refractivity contribution in [1.82, 2.24) is 5.16 Å². The number of ether oxygens (including phenoxy) is 1. The number of nitrogens with two attached hydrogens (primary N) is 1. The summed E-state index contributed by atoms with van der Waals surface area (Å²) in [5.41, 5.74) is 8.24. The van der Waals surface area contributed by atoms with E-state index in [1.54, 1.807) is 0 Å². The van der Waals surface area contributed by atoms with Crippen LogP contribution in [0.1, 0.15) is 63.3 Å². The van der Waals surface area contributed by atoms with Crippen LogP contribution in [0.25, 0.3) is 5.57 Å². The van der Waals surface area contributed by atoms with Crippen LogP contribution in [0.15, 0.2) is 16.7 Å². The van der Waals surface area contributed by atoms with Crippen LogP contribution in [-0.2, 0) is 11.2 Å². The van der Waals surface area contributed by atoms with E-state index in [-0.39, 0.29) is 0 Å². The molecule has 0 saturated carbocycles. The van der Waals surface area contributed by atoms with Crippen LogP contribution < -0.4 is 5.73 Å². The summed E-state index contributed by atoms with van der Waals surface area (Å²) < 4.78 is 11.2. The van der Waals surface area contributed by atoms with Crippen molar-refractivity contribution < 1.29 is 9.26 Å².